The number of phenolic OH excluding ortho intramolecular Hbond substituents is 1. The van der Waals surface area contributed by atoms with Crippen LogP contribution in [0.2, 0.25) is 5.02 Å². The molecule has 9 nitrogen and oxygen atoms in total. The molecular weight excluding hydrogens is 704 g/mol. The maximum Gasteiger partial charge on any atom is 0.246 e. The number of anilines is 2. The molecule has 2 aliphatic carbocycles. The van der Waals surface area contributed by atoms with Gasteiger partial charge in [-0.05, 0) is 77.9 Å². The number of hydrogen-bond acceptors (Lipinski definition) is 7. The third-order valence-electron chi connectivity index (χ3n) is 11.6. The maximum absolute atomic E-state index is 15.4. The second kappa shape index (κ2) is 13.5. The molecule has 8 rings (SSSR count). The zero-order valence-electron chi connectivity index (χ0n) is 29.6. The zero-order chi connectivity index (χ0) is 37.9. The van der Waals surface area contributed by atoms with Crippen molar-refractivity contribution in [2.24, 2.45) is 29.6 Å². The maximum atomic E-state index is 15.4. The van der Waals surface area contributed by atoms with Gasteiger partial charge in [-0.25, -0.2) is 4.90 Å². The van der Waals surface area contributed by atoms with Gasteiger partial charge in [0.1, 0.15) is 0 Å². The number of aromatic hydroxyl groups is 1. The van der Waals surface area contributed by atoms with Crippen LogP contribution in [0.5, 0.6) is 17.2 Å². The number of methoxy groups -OCH3 is 2. The first kappa shape index (κ1) is 35.1. The minimum Gasteiger partial charge on any atom is -0.502 e. The zero-order valence-corrected chi connectivity index (χ0v) is 30.4. The molecule has 1 N–H and O–H groups in total. The van der Waals surface area contributed by atoms with Gasteiger partial charge in [0.05, 0.1) is 48.8 Å². The van der Waals surface area contributed by atoms with Gasteiger partial charge >= 0.3 is 0 Å². The van der Waals surface area contributed by atoms with Crippen molar-refractivity contribution in [3.8, 4) is 17.2 Å². The number of carbonyl (C=O) groups is 4. The largest absolute Gasteiger partial charge is 0.502 e. The Labute approximate surface area is 317 Å². The molecule has 2 saturated heterocycles. The highest BCUT2D eigenvalue weighted by Gasteiger charge is 2.69. The van der Waals surface area contributed by atoms with Crippen LogP contribution in [0.15, 0.2) is 115 Å². The summed E-state index contributed by atoms with van der Waals surface area (Å²) in [5.74, 6) is -4.66. The molecule has 3 fully saturated rings. The molecular formula is C44H37ClN2O7. The third-order valence-corrected chi connectivity index (χ3v) is 11.8. The number of hydrogen-bond donors (Lipinski definition) is 1. The average Bonchev–Trinajstić information content (AvgIpc) is 3.58. The Hall–Kier alpha value is -5.93. The molecule has 2 aliphatic heterocycles. The molecule has 6 atom stereocenters. The van der Waals surface area contributed by atoms with Crippen LogP contribution >= 0.6 is 11.6 Å². The molecule has 54 heavy (non-hydrogen) atoms. The fraction of sp³-hybridized carbons (Fsp3) is 0.227. The fourth-order valence-electron chi connectivity index (χ4n) is 9.22. The summed E-state index contributed by atoms with van der Waals surface area (Å²) >= 11 is 6.41. The highest BCUT2D eigenvalue weighted by Crippen LogP contribution is 2.62. The van der Waals surface area contributed by atoms with Gasteiger partial charge < -0.3 is 14.6 Å². The molecule has 4 amide bonds. The van der Waals surface area contributed by atoms with Crippen LogP contribution in [0.4, 0.5) is 11.4 Å². The van der Waals surface area contributed by atoms with Crippen LogP contribution in [0.1, 0.15) is 29.5 Å². The van der Waals surface area contributed by atoms with E-state index in [-0.39, 0.29) is 35.5 Å². The first-order valence-electron chi connectivity index (χ1n) is 17.8. The Morgan fingerprint density at radius 1 is 0.796 bits per heavy atom. The second-order valence-electron chi connectivity index (χ2n) is 14.1. The topological polar surface area (TPSA) is 113 Å². The molecule has 0 radical (unpaired) electrons. The van der Waals surface area contributed by atoms with E-state index in [2.05, 4.69) is 6.58 Å². The highest BCUT2D eigenvalue weighted by molar-refractivity contribution is 6.32. The number of ether oxygens (including phenoxy) is 2. The van der Waals surface area contributed by atoms with Crippen molar-refractivity contribution in [3.05, 3.63) is 137 Å². The highest BCUT2D eigenvalue weighted by atomic mass is 35.5. The normalized spacial score (nSPS) is 26.1. The van der Waals surface area contributed by atoms with Gasteiger partial charge in [0.2, 0.25) is 29.4 Å². The predicted octanol–water partition coefficient (Wildman–Crippen LogP) is 7.62. The summed E-state index contributed by atoms with van der Waals surface area (Å²) in [4.78, 5) is 61.4. The van der Waals surface area contributed by atoms with Gasteiger partial charge in [-0.15, -0.1) is 0 Å². The standard InChI is InChI=1S/C44H37ClN2O7/c1-4-25-13-16-29(17-14-25)46-40(49)32-19-18-31-33(38(32)42(46)51)24-35-41(50)47(30-12-8-11-28(45)23-30)43(52)44(35,27-9-6-5-7-10-27)34(31)20-15-26-21-36(53-2)39(48)37(22-26)54-3/h4-18,20-23,32-35,38,48H,1,19,24H2,2-3H3/t32-,33+,34-,35-,38-,44-/m0/s1. The molecule has 0 unspecified atom stereocenters. The summed E-state index contributed by atoms with van der Waals surface area (Å²) in [7, 11) is 2.88. The van der Waals surface area contributed by atoms with Crippen LogP contribution in [0.25, 0.3) is 12.2 Å². The van der Waals surface area contributed by atoms with Crippen molar-refractivity contribution in [1.29, 1.82) is 0 Å². The molecule has 10 heteroatoms. The van der Waals surface area contributed by atoms with Gasteiger partial charge in [0, 0.05) is 10.9 Å². The average molecular weight is 741 g/mol. The number of carbonyl (C=O) groups excluding carboxylic acids is 4. The number of rotatable bonds is 8. The van der Waals surface area contributed by atoms with Crippen LogP contribution in [-0.4, -0.2) is 43.0 Å². The fourth-order valence-corrected chi connectivity index (χ4v) is 9.41. The summed E-state index contributed by atoms with van der Waals surface area (Å²) in [6, 6.07) is 26.4. The summed E-state index contributed by atoms with van der Waals surface area (Å²) in [5, 5.41) is 11.0. The minimum atomic E-state index is -1.41. The summed E-state index contributed by atoms with van der Waals surface area (Å²) in [6.45, 7) is 3.80. The molecule has 4 aromatic carbocycles. The first-order chi connectivity index (χ1) is 26.1. The van der Waals surface area contributed by atoms with Crippen molar-refractivity contribution in [3.63, 3.8) is 0 Å². The van der Waals surface area contributed by atoms with Gasteiger partial charge in [-0.2, -0.15) is 0 Å². The number of fused-ring (bicyclic) bond motifs is 4. The third kappa shape index (κ3) is 5.21. The van der Waals surface area contributed by atoms with Gasteiger partial charge in [-0.1, -0.05) is 96.6 Å². The molecule has 0 aromatic heterocycles. The lowest BCUT2D eigenvalue weighted by Gasteiger charge is -2.49. The van der Waals surface area contributed by atoms with Crippen molar-refractivity contribution < 1.29 is 33.8 Å². The van der Waals surface area contributed by atoms with E-state index in [9.17, 15) is 19.5 Å². The van der Waals surface area contributed by atoms with E-state index in [1.807, 2.05) is 60.7 Å². The van der Waals surface area contributed by atoms with Crippen molar-refractivity contribution >= 4 is 58.8 Å². The Morgan fingerprint density at radius 3 is 2.15 bits per heavy atom. The van der Waals surface area contributed by atoms with E-state index in [0.29, 0.717) is 33.9 Å². The van der Waals surface area contributed by atoms with Crippen LogP contribution in [-0.2, 0) is 24.6 Å². The first-order valence-corrected chi connectivity index (χ1v) is 18.1. The second-order valence-corrected chi connectivity index (χ2v) is 14.5. The smallest absolute Gasteiger partial charge is 0.246 e. The molecule has 2 heterocycles. The van der Waals surface area contributed by atoms with Crippen LogP contribution < -0.4 is 19.3 Å². The van der Waals surface area contributed by atoms with E-state index in [1.165, 1.54) is 24.0 Å². The summed E-state index contributed by atoms with van der Waals surface area (Å²) in [5.41, 5.74) is 2.37. The van der Waals surface area contributed by atoms with Crippen molar-refractivity contribution in [2.45, 2.75) is 18.3 Å². The molecule has 0 bridgehead atoms. The Kier molecular flexibility index (Phi) is 8.77. The number of allylic oxidation sites excluding steroid dienone is 3. The van der Waals surface area contributed by atoms with E-state index in [1.54, 1.807) is 54.6 Å². The number of benzene rings is 4. The molecule has 0 spiro atoms. The molecule has 1 saturated carbocycles. The van der Waals surface area contributed by atoms with E-state index in [0.717, 1.165) is 11.1 Å². The van der Waals surface area contributed by atoms with E-state index >= 15 is 4.79 Å². The van der Waals surface area contributed by atoms with E-state index < -0.39 is 46.8 Å². The Balaban J connectivity index is 1.32. The predicted molar refractivity (Wildman–Crippen MR) is 206 cm³/mol. The number of halogens is 1. The van der Waals surface area contributed by atoms with Gasteiger partial charge in [-0.3, -0.25) is 24.1 Å². The number of phenols is 1. The molecule has 4 aromatic rings. The molecule has 272 valence electrons. The number of imide groups is 2. The lowest BCUT2D eigenvalue weighted by molar-refractivity contribution is -0.128. The summed E-state index contributed by atoms with van der Waals surface area (Å²) in [6.07, 6.45) is 7.90. The monoisotopic (exact) mass is 740 g/mol. The van der Waals surface area contributed by atoms with Crippen molar-refractivity contribution in [2.75, 3.05) is 24.0 Å². The minimum absolute atomic E-state index is 0.154. The lowest BCUT2D eigenvalue weighted by Crippen LogP contribution is -2.54. The van der Waals surface area contributed by atoms with Gasteiger partial charge in [0.15, 0.2) is 11.5 Å². The quantitative estimate of drug-likeness (QED) is 0.146. The molecule has 4 aliphatic rings. The SMILES string of the molecule is C=Cc1ccc(N2C(=O)[C@H]3[C@H](CC=C4[C@H]3C[C@H]3C(=O)N(c5cccc(Cl)c5)C(=O)[C@@]3(c3ccccc3)[C@H]4C=Cc3cc(OC)c(O)c(OC)c3)C2=O)cc1. The number of amides is 4. The van der Waals surface area contributed by atoms with E-state index in [4.69, 9.17) is 21.1 Å². The lowest BCUT2D eigenvalue weighted by atomic mass is 9.50. The Bertz CT molecular complexity index is 2260. The van der Waals surface area contributed by atoms with Crippen LogP contribution in [0, 0.1) is 29.6 Å². The van der Waals surface area contributed by atoms with Crippen LogP contribution in [0.3, 0.4) is 0 Å². The van der Waals surface area contributed by atoms with Crippen molar-refractivity contribution in [1.82, 2.24) is 0 Å². The number of nitrogens with zero attached hydrogens (tertiary/aromatic N) is 2. The Morgan fingerprint density at radius 2 is 1.50 bits per heavy atom. The summed E-state index contributed by atoms with van der Waals surface area (Å²) < 4.78 is 10.9. The van der Waals surface area contributed by atoms with Gasteiger partial charge in [0.25, 0.3) is 0 Å².